The highest BCUT2D eigenvalue weighted by molar-refractivity contribution is 9.10. The number of aromatic nitrogens is 2. The van der Waals surface area contributed by atoms with Gasteiger partial charge in [-0.25, -0.2) is 5.10 Å². The van der Waals surface area contributed by atoms with Crippen LogP contribution in [-0.2, 0) is 0 Å². The van der Waals surface area contributed by atoms with Gasteiger partial charge in [0.1, 0.15) is 5.69 Å². The second kappa shape index (κ2) is 3.18. The number of nitrogens with zero attached hydrogens (tertiary/aromatic N) is 1. The molecule has 0 amide bonds. The molecule has 5 heteroatoms. The Labute approximate surface area is 81.7 Å². The fourth-order valence-corrected chi connectivity index (χ4v) is 1.24. The Kier molecular flexibility index (Phi) is 2.02. The highest BCUT2D eigenvalue weighted by Crippen LogP contribution is 2.17. The SMILES string of the molecule is O=c1[nH]nc(-c2ccco2)cc1Br. The minimum atomic E-state index is -0.254. The van der Waals surface area contributed by atoms with Gasteiger partial charge in [0, 0.05) is 0 Å². The van der Waals surface area contributed by atoms with Crippen molar-refractivity contribution in [3.05, 3.63) is 39.3 Å². The Balaban J connectivity index is 2.55. The summed E-state index contributed by atoms with van der Waals surface area (Å²) < 4.78 is 5.55. The molecular formula is C8H5BrN2O2. The van der Waals surface area contributed by atoms with Crippen LogP contribution in [0.25, 0.3) is 11.5 Å². The maximum absolute atomic E-state index is 10.9. The van der Waals surface area contributed by atoms with Gasteiger partial charge >= 0.3 is 0 Å². The van der Waals surface area contributed by atoms with Crippen LogP contribution in [0.3, 0.4) is 0 Å². The van der Waals surface area contributed by atoms with Crippen LogP contribution in [0, 0.1) is 0 Å². The van der Waals surface area contributed by atoms with Crippen LogP contribution in [0.2, 0.25) is 0 Å². The summed E-state index contributed by atoms with van der Waals surface area (Å²) in [7, 11) is 0. The fourth-order valence-electron chi connectivity index (χ4n) is 0.933. The first kappa shape index (κ1) is 8.25. The highest BCUT2D eigenvalue weighted by Gasteiger charge is 2.04. The molecule has 0 aliphatic rings. The van der Waals surface area contributed by atoms with Crippen molar-refractivity contribution in [2.45, 2.75) is 0 Å². The number of hydrogen-bond acceptors (Lipinski definition) is 3. The van der Waals surface area contributed by atoms with Crippen LogP contribution in [-0.4, -0.2) is 10.2 Å². The Hall–Kier alpha value is -1.36. The molecule has 0 aliphatic carbocycles. The lowest BCUT2D eigenvalue weighted by molar-refractivity contribution is 0.578. The van der Waals surface area contributed by atoms with Gasteiger partial charge < -0.3 is 4.42 Å². The molecule has 0 bridgehead atoms. The summed E-state index contributed by atoms with van der Waals surface area (Å²) in [5.41, 5.74) is 0.340. The zero-order chi connectivity index (χ0) is 9.26. The average Bonchev–Trinajstić information content (AvgIpc) is 2.62. The van der Waals surface area contributed by atoms with E-state index in [1.807, 2.05) is 0 Å². The van der Waals surface area contributed by atoms with Crippen LogP contribution >= 0.6 is 15.9 Å². The van der Waals surface area contributed by atoms with E-state index >= 15 is 0 Å². The van der Waals surface area contributed by atoms with Crippen molar-refractivity contribution in [3.8, 4) is 11.5 Å². The number of halogens is 1. The van der Waals surface area contributed by atoms with Crippen LogP contribution < -0.4 is 5.56 Å². The Morgan fingerprint density at radius 2 is 2.38 bits per heavy atom. The second-order valence-electron chi connectivity index (χ2n) is 2.41. The first-order chi connectivity index (χ1) is 6.27. The van der Waals surface area contributed by atoms with E-state index in [1.165, 1.54) is 0 Å². The van der Waals surface area contributed by atoms with Crippen molar-refractivity contribution in [2.24, 2.45) is 0 Å². The van der Waals surface area contributed by atoms with E-state index in [0.29, 0.717) is 15.9 Å². The van der Waals surface area contributed by atoms with E-state index in [2.05, 4.69) is 26.1 Å². The maximum Gasteiger partial charge on any atom is 0.278 e. The number of hydrogen-bond donors (Lipinski definition) is 1. The maximum atomic E-state index is 10.9. The third kappa shape index (κ3) is 1.55. The summed E-state index contributed by atoms with van der Waals surface area (Å²) in [5, 5.41) is 6.16. The van der Waals surface area contributed by atoms with Gasteiger partial charge in [-0.3, -0.25) is 4.79 Å². The molecule has 0 aromatic carbocycles. The van der Waals surface area contributed by atoms with Gasteiger partial charge in [0.05, 0.1) is 10.7 Å². The lowest BCUT2D eigenvalue weighted by Gasteiger charge is -1.94. The van der Waals surface area contributed by atoms with Crippen LogP contribution in [0.1, 0.15) is 0 Å². The van der Waals surface area contributed by atoms with Gasteiger partial charge in [-0.05, 0) is 34.1 Å². The predicted octanol–water partition coefficient (Wildman–Crippen LogP) is 1.79. The number of rotatable bonds is 1. The molecule has 0 spiro atoms. The van der Waals surface area contributed by atoms with E-state index in [-0.39, 0.29) is 5.56 Å². The van der Waals surface area contributed by atoms with Gasteiger partial charge in [-0.1, -0.05) is 0 Å². The summed E-state index contributed by atoms with van der Waals surface area (Å²) in [5.74, 6) is 0.622. The average molecular weight is 241 g/mol. The molecule has 2 rings (SSSR count). The van der Waals surface area contributed by atoms with Gasteiger partial charge in [0.15, 0.2) is 5.76 Å². The smallest absolute Gasteiger partial charge is 0.278 e. The second-order valence-corrected chi connectivity index (χ2v) is 3.26. The van der Waals surface area contributed by atoms with Gasteiger partial charge in [-0.2, -0.15) is 5.10 Å². The van der Waals surface area contributed by atoms with Crippen molar-refractivity contribution in [2.75, 3.05) is 0 Å². The predicted molar refractivity (Wildman–Crippen MR) is 50.3 cm³/mol. The standard InChI is InChI=1S/C8H5BrN2O2/c9-5-4-6(10-11-8(5)12)7-2-1-3-13-7/h1-4H,(H,11,12). The van der Waals surface area contributed by atoms with Crippen molar-refractivity contribution in [1.29, 1.82) is 0 Å². The van der Waals surface area contributed by atoms with E-state index < -0.39 is 0 Å². The molecule has 0 fully saturated rings. The quantitative estimate of drug-likeness (QED) is 0.827. The van der Waals surface area contributed by atoms with E-state index in [1.54, 1.807) is 24.5 Å². The zero-order valence-electron chi connectivity index (χ0n) is 6.45. The molecule has 0 atom stereocenters. The summed E-state index contributed by atoms with van der Waals surface area (Å²) >= 11 is 3.11. The molecule has 0 saturated carbocycles. The molecule has 2 aromatic heterocycles. The van der Waals surface area contributed by atoms with Crippen molar-refractivity contribution >= 4 is 15.9 Å². The topological polar surface area (TPSA) is 58.9 Å². The lowest BCUT2D eigenvalue weighted by atomic mass is 10.3. The molecule has 2 heterocycles. The zero-order valence-corrected chi connectivity index (χ0v) is 8.04. The first-order valence-corrected chi connectivity index (χ1v) is 4.36. The van der Waals surface area contributed by atoms with Crippen LogP contribution in [0.4, 0.5) is 0 Å². The molecule has 0 saturated heterocycles. The summed E-state index contributed by atoms with van der Waals surface area (Å²) in [6, 6.07) is 5.14. The van der Waals surface area contributed by atoms with Gasteiger partial charge in [-0.15, -0.1) is 0 Å². The molecule has 0 unspecified atom stereocenters. The number of aromatic amines is 1. The first-order valence-electron chi connectivity index (χ1n) is 3.56. The molecule has 1 N–H and O–H groups in total. The molecule has 66 valence electrons. The normalized spacial score (nSPS) is 10.2. The number of furan rings is 1. The van der Waals surface area contributed by atoms with Crippen molar-refractivity contribution < 1.29 is 4.42 Å². The highest BCUT2D eigenvalue weighted by atomic mass is 79.9. The van der Waals surface area contributed by atoms with Crippen molar-refractivity contribution in [3.63, 3.8) is 0 Å². The largest absolute Gasteiger partial charge is 0.463 e. The van der Waals surface area contributed by atoms with Crippen molar-refractivity contribution in [1.82, 2.24) is 10.2 Å². The third-order valence-corrected chi connectivity index (χ3v) is 2.12. The minimum Gasteiger partial charge on any atom is -0.463 e. The summed E-state index contributed by atoms with van der Waals surface area (Å²) in [6.07, 6.45) is 1.55. The third-order valence-electron chi connectivity index (χ3n) is 1.53. The van der Waals surface area contributed by atoms with Gasteiger partial charge in [0.2, 0.25) is 0 Å². The lowest BCUT2D eigenvalue weighted by Crippen LogP contribution is -2.08. The van der Waals surface area contributed by atoms with E-state index in [9.17, 15) is 4.79 Å². The molecule has 4 nitrogen and oxygen atoms in total. The Morgan fingerprint density at radius 3 is 3.00 bits per heavy atom. The molecule has 0 radical (unpaired) electrons. The monoisotopic (exact) mass is 240 g/mol. The van der Waals surface area contributed by atoms with E-state index in [4.69, 9.17) is 4.42 Å². The Morgan fingerprint density at radius 1 is 1.54 bits per heavy atom. The van der Waals surface area contributed by atoms with Crippen LogP contribution in [0.15, 0.2) is 38.1 Å². The molecule has 2 aromatic rings. The van der Waals surface area contributed by atoms with E-state index in [0.717, 1.165) is 0 Å². The fraction of sp³-hybridized carbons (Fsp3) is 0. The summed E-state index contributed by atoms with van der Waals surface area (Å²) in [4.78, 5) is 10.9. The van der Waals surface area contributed by atoms with Crippen LogP contribution in [0.5, 0.6) is 0 Å². The Bertz CT molecular complexity index is 461. The number of nitrogens with one attached hydrogen (secondary N) is 1. The minimum absolute atomic E-state index is 0.254. The molecular weight excluding hydrogens is 236 g/mol. The number of H-pyrrole nitrogens is 1. The molecule has 0 aliphatic heterocycles. The summed E-state index contributed by atoms with van der Waals surface area (Å²) in [6.45, 7) is 0. The van der Waals surface area contributed by atoms with Gasteiger partial charge in [0.25, 0.3) is 5.56 Å². The molecule has 13 heavy (non-hydrogen) atoms.